The highest BCUT2D eigenvalue weighted by Gasteiger charge is 2.17. The van der Waals surface area contributed by atoms with Gasteiger partial charge < -0.3 is 15.5 Å². The molecule has 0 bridgehead atoms. The molecule has 0 spiro atoms. The number of aliphatic hydroxyl groups is 2. The molecule has 0 aromatic heterocycles. The summed E-state index contributed by atoms with van der Waals surface area (Å²) >= 11 is 0. The van der Waals surface area contributed by atoms with Crippen molar-refractivity contribution in [3.8, 4) is 0 Å². The highest BCUT2D eigenvalue weighted by molar-refractivity contribution is 5.76. The largest absolute Gasteiger partial charge is 0.394 e. The number of aliphatic hydroxyl groups excluding tert-OH is 2. The second-order valence-electron chi connectivity index (χ2n) is 15.1. The zero-order chi connectivity index (χ0) is 35.7. The van der Waals surface area contributed by atoms with Crippen LogP contribution in [0.3, 0.4) is 0 Å². The summed E-state index contributed by atoms with van der Waals surface area (Å²) in [5.41, 5.74) is 0. The van der Waals surface area contributed by atoms with E-state index in [0.717, 1.165) is 38.5 Å². The number of rotatable bonds is 40. The fraction of sp³-hybridized carbons (Fsp3) is 0.889. The Bertz CT molecular complexity index is 705. The second-order valence-corrected chi connectivity index (χ2v) is 15.1. The smallest absolute Gasteiger partial charge is 0.220 e. The molecular formula is C45H87NO3. The average molecular weight is 690 g/mol. The van der Waals surface area contributed by atoms with Crippen LogP contribution in [-0.2, 0) is 4.79 Å². The quantitative estimate of drug-likeness (QED) is 0.0443. The minimum atomic E-state index is -0.839. The standard InChI is InChI=1S/C45H87NO3/c1-3-5-7-9-11-13-15-16-17-18-19-20-21-22-23-24-25-26-27-28-29-31-32-34-36-38-40-44(48)43(42-47)46-45(49)41-39-37-35-33-30-14-12-10-8-6-4-2/h10,12,38,40,43-44,47-48H,3-9,11,13-37,39,41-42H2,1-2H3,(H,46,49)/b12-10-,40-38+. The Morgan fingerprint density at radius 3 is 1.18 bits per heavy atom. The maximum absolute atomic E-state index is 12.3. The van der Waals surface area contributed by atoms with E-state index in [0.29, 0.717) is 6.42 Å². The van der Waals surface area contributed by atoms with Gasteiger partial charge in [0, 0.05) is 6.42 Å². The Morgan fingerprint density at radius 1 is 0.469 bits per heavy atom. The monoisotopic (exact) mass is 690 g/mol. The number of hydrogen-bond acceptors (Lipinski definition) is 3. The van der Waals surface area contributed by atoms with Gasteiger partial charge in [-0.2, -0.15) is 0 Å². The van der Waals surface area contributed by atoms with Crippen LogP contribution in [0.5, 0.6) is 0 Å². The molecule has 0 fully saturated rings. The van der Waals surface area contributed by atoms with E-state index in [1.807, 2.05) is 6.08 Å². The van der Waals surface area contributed by atoms with Crippen molar-refractivity contribution in [2.45, 2.75) is 251 Å². The van der Waals surface area contributed by atoms with Crippen molar-refractivity contribution >= 4 is 5.91 Å². The van der Waals surface area contributed by atoms with Crippen molar-refractivity contribution in [1.29, 1.82) is 0 Å². The van der Waals surface area contributed by atoms with E-state index >= 15 is 0 Å². The van der Waals surface area contributed by atoms with Crippen LogP contribution in [0.1, 0.15) is 239 Å². The first-order valence-electron chi connectivity index (χ1n) is 22.1. The van der Waals surface area contributed by atoms with Crippen molar-refractivity contribution in [2.24, 2.45) is 0 Å². The van der Waals surface area contributed by atoms with Gasteiger partial charge in [0.05, 0.1) is 18.8 Å². The normalized spacial score (nSPS) is 13.1. The molecular weight excluding hydrogens is 602 g/mol. The first-order valence-corrected chi connectivity index (χ1v) is 22.1. The Kier molecular flexibility index (Phi) is 40.3. The topological polar surface area (TPSA) is 69.6 Å². The zero-order valence-corrected chi connectivity index (χ0v) is 33.2. The van der Waals surface area contributed by atoms with E-state index in [-0.39, 0.29) is 12.5 Å². The first kappa shape index (κ1) is 47.9. The predicted molar refractivity (Wildman–Crippen MR) is 216 cm³/mol. The fourth-order valence-corrected chi connectivity index (χ4v) is 6.75. The molecule has 2 unspecified atom stereocenters. The van der Waals surface area contributed by atoms with Gasteiger partial charge in [0.1, 0.15) is 0 Å². The maximum Gasteiger partial charge on any atom is 0.220 e. The van der Waals surface area contributed by atoms with Gasteiger partial charge in [-0.1, -0.05) is 218 Å². The molecule has 0 saturated carbocycles. The molecule has 49 heavy (non-hydrogen) atoms. The molecule has 0 aromatic rings. The molecule has 0 rings (SSSR count). The van der Waals surface area contributed by atoms with Crippen LogP contribution in [0.15, 0.2) is 24.3 Å². The first-order chi connectivity index (χ1) is 24.2. The number of carbonyl (C=O) groups is 1. The number of amides is 1. The van der Waals surface area contributed by atoms with Crippen LogP contribution >= 0.6 is 0 Å². The average Bonchev–Trinajstić information content (AvgIpc) is 3.10. The van der Waals surface area contributed by atoms with E-state index in [2.05, 4.69) is 31.3 Å². The van der Waals surface area contributed by atoms with Gasteiger partial charge in [0.15, 0.2) is 0 Å². The Balaban J connectivity index is 3.48. The molecule has 4 nitrogen and oxygen atoms in total. The fourth-order valence-electron chi connectivity index (χ4n) is 6.75. The van der Waals surface area contributed by atoms with Gasteiger partial charge in [-0.3, -0.25) is 4.79 Å². The van der Waals surface area contributed by atoms with E-state index in [1.165, 1.54) is 180 Å². The van der Waals surface area contributed by atoms with Crippen molar-refractivity contribution in [2.75, 3.05) is 6.61 Å². The van der Waals surface area contributed by atoms with Crippen molar-refractivity contribution in [3.05, 3.63) is 24.3 Å². The van der Waals surface area contributed by atoms with Crippen LogP contribution < -0.4 is 5.32 Å². The molecule has 0 heterocycles. The lowest BCUT2D eigenvalue weighted by Gasteiger charge is -2.20. The number of nitrogens with one attached hydrogen (secondary N) is 1. The third-order valence-corrected chi connectivity index (χ3v) is 10.2. The third kappa shape index (κ3) is 37.9. The summed E-state index contributed by atoms with van der Waals surface area (Å²) in [5.74, 6) is -0.0737. The summed E-state index contributed by atoms with van der Waals surface area (Å²) in [7, 11) is 0. The lowest BCUT2D eigenvalue weighted by atomic mass is 10.0. The lowest BCUT2D eigenvalue weighted by molar-refractivity contribution is -0.123. The summed E-state index contributed by atoms with van der Waals surface area (Å²) in [6.07, 6.45) is 53.0. The van der Waals surface area contributed by atoms with Gasteiger partial charge in [-0.25, -0.2) is 0 Å². The molecule has 0 aromatic carbocycles. The summed E-state index contributed by atoms with van der Waals surface area (Å²) in [4.78, 5) is 12.3. The predicted octanol–water partition coefficient (Wildman–Crippen LogP) is 13.6. The Hall–Kier alpha value is -1.13. The van der Waals surface area contributed by atoms with Gasteiger partial charge >= 0.3 is 0 Å². The highest BCUT2D eigenvalue weighted by atomic mass is 16.3. The molecule has 290 valence electrons. The van der Waals surface area contributed by atoms with Gasteiger partial charge in [-0.05, 0) is 38.5 Å². The second kappa shape index (κ2) is 41.3. The number of allylic oxidation sites excluding steroid dienone is 3. The van der Waals surface area contributed by atoms with Crippen LogP contribution in [0.4, 0.5) is 0 Å². The molecule has 0 aliphatic carbocycles. The lowest BCUT2D eigenvalue weighted by Crippen LogP contribution is -2.45. The molecule has 3 N–H and O–H groups in total. The summed E-state index contributed by atoms with van der Waals surface area (Å²) in [6.45, 7) is 4.27. The van der Waals surface area contributed by atoms with Crippen LogP contribution in [0.25, 0.3) is 0 Å². The van der Waals surface area contributed by atoms with Crippen molar-refractivity contribution in [1.82, 2.24) is 5.32 Å². The van der Waals surface area contributed by atoms with E-state index in [9.17, 15) is 15.0 Å². The molecule has 0 saturated heterocycles. The van der Waals surface area contributed by atoms with Crippen LogP contribution in [0.2, 0.25) is 0 Å². The Morgan fingerprint density at radius 2 is 0.796 bits per heavy atom. The number of unbranched alkanes of at least 4 members (excludes halogenated alkanes) is 31. The highest BCUT2D eigenvalue weighted by Crippen LogP contribution is 2.16. The third-order valence-electron chi connectivity index (χ3n) is 10.2. The van der Waals surface area contributed by atoms with E-state index in [1.54, 1.807) is 6.08 Å². The summed E-state index contributed by atoms with van der Waals surface area (Å²) in [6, 6.07) is -0.623. The molecule has 1 amide bonds. The molecule has 4 heteroatoms. The van der Waals surface area contributed by atoms with Crippen LogP contribution in [0, 0.1) is 0 Å². The minimum Gasteiger partial charge on any atom is -0.394 e. The Labute approximate surface area is 307 Å². The molecule has 0 radical (unpaired) electrons. The van der Waals surface area contributed by atoms with Crippen molar-refractivity contribution < 1.29 is 15.0 Å². The molecule has 2 atom stereocenters. The minimum absolute atomic E-state index is 0.0737. The number of carbonyl (C=O) groups excluding carboxylic acids is 1. The maximum atomic E-state index is 12.3. The van der Waals surface area contributed by atoms with E-state index in [4.69, 9.17) is 0 Å². The van der Waals surface area contributed by atoms with E-state index < -0.39 is 12.1 Å². The van der Waals surface area contributed by atoms with Crippen LogP contribution in [-0.4, -0.2) is 34.9 Å². The van der Waals surface area contributed by atoms with Crippen molar-refractivity contribution in [3.63, 3.8) is 0 Å². The number of hydrogen-bond donors (Lipinski definition) is 3. The molecule has 0 aliphatic rings. The SMILES string of the molecule is CCCC/C=C\CCCCCCCC(=O)NC(CO)C(O)/C=C/CCCCCCCCCCCCCCCCCCCCCCCCCC. The van der Waals surface area contributed by atoms with Gasteiger partial charge in [0.2, 0.25) is 5.91 Å². The summed E-state index contributed by atoms with van der Waals surface area (Å²) < 4.78 is 0. The molecule has 0 aliphatic heterocycles. The van der Waals surface area contributed by atoms with Gasteiger partial charge in [0.25, 0.3) is 0 Å². The van der Waals surface area contributed by atoms with Gasteiger partial charge in [-0.15, -0.1) is 0 Å². The zero-order valence-electron chi connectivity index (χ0n) is 33.2. The summed E-state index contributed by atoms with van der Waals surface area (Å²) in [5, 5.41) is 22.9.